The number of hydrogen-bond donors (Lipinski definition) is 10. The highest BCUT2D eigenvalue weighted by Crippen LogP contribution is 2.56. The minimum absolute atomic E-state index is 0.00704. The van der Waals surface area contributed by atoms with E-state index in [9.17, 15) is 53.0 Å². The molecule has 488 valence electrons. The van der Waals surface area contributed by atoms with Gasteiger partial charge in [-0.1, -0.05) is 66.7 Å². The van der Waals surface area contributed by atoms with Crippen LogP contribution in [-0.2, 0) is 75.1 Å². The van der Waals surface area contributed by atoms with Crippen LogP contribution in [-0.4, -0.2) is 159 Å². The van der Waals surface area contributed by atoms with Crippen molar-refractivity contribution in [3.63, 3.8) is 0 Å². The molecule has 90 heavy (non-hydrogen) atoms. The lowest BCUT2D eigenvalue weighted by atomic mass is 9.78. The molecule has 0 aromatic heterocycles. The molecule has 1 saturated heterocycles. The molecule has 3 fully saturated rings. The lowest BCUT2D eigenvalue weighted by Gasteiger charge is -2.31. The number of ketones is 1. The molecule has 2 aliphatic carbocycles. The van der Waals surface area contributed by atoms with E-state index in [-0.39, 0.29) is 107 Å². The molecule has 25 heteroatoms. The number of nitrogens with two attached hydrogens (primary N) is 1. The zero-order chi connectivity index (χ0) is 64.2. The largest absolute Gasteiger partial charge is 0.508 e. The van der Waals surface area contributed by atoms with Crippen LogP contribution in [0.25, 0.3) is 5.70 Å². The number of aromatic hydroxyl groups is 1. The standard InChI is InChI=1S/C65H86FN9O15/c66-28-32-87-33-34-88-35-36-89-40-50-46-19-21-48-49(22-20-47(46)50)62(75-74-61(48)43-7-2-1-3-8-43)44-15-11-42(12-16-44)39-90-60(82)10-6-30-86-31-27-57(78)69-29-5-4-9-52-63(83)71-51(23-25-56(67)68)55(77)24-26-58(79)70-54(38-59(80)81)65(85)73-53(64(84)72-52)37-41-13-17-45(76)18-14-41/h1-3,7-8,11-18,46-48,50-54,75-76H,4-6,9-10,19-40H2,(H3,67,68)(H,69,78)(H,70,79)(H,71,83)(H,72,84)(H,73,85)(H,80,81)/t46-,47+,48?,50-,51-,52-,53+,54-/m0/s1/i66-1. The van der Waals surface area contributed by atoms with Crippen LogP contribution in [0.3, 0.4) is 0 Å². The van der Waals surface area contributed by atoms with E-state index >= 15 is 0 Å². The van der Waals surface area contributed by atoms with Crippen LogP contribution in [0.2, 0.25) is 0 Å². The molecule has 2 heterocycles. The van der Waals surface area contributed by atoms with E-state index in [0.29, 0.717) is 69.2 Å². The normalized spacial score (nSPS) is 22.2. The fourth-order valence-electron chi connectivity index (χ4n) is 11.6. The molecule has 3 aromatic carbocycles. The predicted molar refractivity (Wildman–Crippen MR) is 329 cm³/mol. The molecule has 0 spiro atoms. The predicted octanol–water partition coefficient (Wildman–Crippen LogP) is 4.43. The molecule has 4 aliphatic rings. The number of ether oxygens (including phenoxy) is 5. The first-order chi connectivity index (χ1) is 43.6. The van der Waals surface area contributed by atoms with Crippen LogP contribution < -0.4 is 37.7 Å². The van der Waals surface area contributed by atoms with Crippen molar-refractivity contribution in [1.29, 1.82) is 5.41 Å². The number of carboxylic acid groups (broad SMARTS) is 1. The number of nitrogens with zero attached hydrogens (tertiary/aromatic N) is 1. The number of amides is 5. The Bertz CT molecular complexity index is 2970. The number of alkyl halides is 1. The van der Waals surface area contributed by atoms with Crippen LogP contribution in [0.1, 0.15) is 119 Å². The van der Waals surface area contributed by atoms with E-state index in [0.717, 1.165) is 53.8 Å². The van der Waals surface area contributed by atoms with E-state index in [2.05, 4.69) is 44.1 Å². The minimum Gasteiger partial charge on any atom is -0.508 e. The summed E-state index contributed by atoms with van der Waals surface area (Å²) in [5, 5.41) is 45.0. The lowest BCUT2D eigenvalue weighted by Crippen LogP contribution is -2.58. The first kappa shape index (κ1) is 69.3. The summed E-state index contributed by atoms with van der Waals surface area (Å²) in [4.78, 5) is 105. The molecular weight excluding hydrogens is 1160 g/mol. The van der Waals surface area contributed by atoms with Gasteiger partial charge in [-0.25, -0.2) is 4.39 Å². The number of carboxylic acids is 1. The van der Waals surface area contributed by atoms with Crippen LogP contribution in [0, 0.1) is 29.1 Å². The molecule has 0 bridgehead atoms. The number of nitrogens with one attached hydrogen (secondary N) is 7. The third-order valence-electron chi connectivity index (χ3n) is 16.5. The van der Waals surface area contributed by atoms with Crippen LogP contribution in [0.15, 0.2) is 89.5 Å². The third kappa shape index (κ3) is 22.7. The molecular formula is C65H86FN9O15. The van der Waals surface area contributed by atoms with Crippen molar-refractivity contribution < 1.29 is 76.6 Å². The van der Waals surface area contributed by atoms with Crippen LogP contribution in [0.4, 0.5) is 4.39 Å². The SMILES string of the molecule is N=C(N)CC[C@@H]1NC(=O)[C@H](CCCCNC(=O)CCOCCCC(=O)OCc2ccc(C3=C4CC[C@@H]5[C@H](CCC4C(c4ccccc4)=NN3)[C@@H]5COCCOCCOCC[18F])cc2)NC(=O)[C@@H](Cc2ccc(O)cc2)NC(=O)[C@H](CC(=O)O)NC(=O)CCC1=O. The Labute approximate surface area is 523 Å². The molecule has 7 rings (SSSR count). The molecule has 24 nitrogen and oxygen atoms in total. The zero-order valence-corrected chi connectivity index (χ0v) is 50.8. The molecule has 0 radical (unpaired) electrons. The minimum atomic E-state index is -1.63. The molecule has 3 aromatic rings. The summed E-state index contributed by atoms with van der Waals surface area (Å²) in [5.74, 6) is -4.60. The number of halogens is 1. The van der Waals surface area contributed by atoms with E-state index in [1.54, 1.807) is 0 Å². The van der Waals surface area contributed by atoms with Gasteiger partial charge in [0.25, 0.3) is 0 Å². The highest BCUT2D eigenvalue weighted by molar-refractivity contribution is 6.06. The van der Waals surface area contributed by atoms with Gasteiger partial charge in [0, 0.05) is 57.6 Å². The van der Waals surface area contributed by atoms with Crippen molar-refractivity contribution >= 4 is 64.5 Å². The van der Waals surface area contributed by atoms with E-state index in [1.807, 2.05) is 42.5 Å². The van der Waals surface area contributed by atoms with Gasteiger partial charge >= 0.3 is 11.9 Å². The number of allylic oxidation sites excluding steroid dienone is 1. The zero-order valence-electron chi connectivity index (χ0n) is 50.8. The van der Waals surface area contributed by atoms with E-state index < -0.39 is 85.5 Å². The Morgan fingerprint density at radius 3 is 2.06 bits per heavy atom. The summed E-state index contributed by atoms with van der Waals surface area (Å²) >= 11 is 0. The number of carbonyl (C=O) groups is 8. The molecule has 2 aliphatic heterocycles. The second-order valence-corrected chi connectivity index (χ2v) is 23.0. The average molecular weight is 1250 g/mol. The number of fused-ring (bicyclic) bond motifs is 2. The summed E-state index contributed by atoms with van der Waals surface area (Å²) in [6, 6.07) is 18.5. The summed E-state index contributed by atoms with van der Waals surface area (Å²) in [7, 11) is 0. The number of benzene rings is 3. The summed E-state index contributed by atoms with van der Waals surface area (Å²) in [6.07, 6.45) is 3.16. The van der Waals surface area contributed by atoms with Gasteiger partial charge in [-0.05, 0) is 116 Å². The number of amidine groups is 1. The lowest BCUT2D eigenvalue weighted by molar-refractivity contribution is -0.145. The molecule has 11 N–H and O–H groups in total. The van der Waals surface area contributed by atoms with Crippen molar-refractivity contribution in [1.82, 2.24) is 32.0 Å². The number of rotatable bonds is 33. The summed E-state index contributed by atoms with van der Waals surface area (Å²) < 4.78 is 40.2. The van der Waals surface area contributed by atoms with Gasteiger partial charge in [0.2, 0.25) is 29.5 Å². The average Bonchev–Trinajstić information content (AvgIpc) is 1.95. The number of esters is 1. The first-order valence-electron chi connectivity index (χ1n) is 31.1. The molecule has 1 unspecified atom stereocenters. The number of phenolic OH excluding ortho intramolecular Hbond substituents is 1. The number of hydrogen-bond acceptors (Lipinski definition) is 17. The highest BCUT2D eigenvalue weighted by atomic mass is 18.2. The fraction of sp³-hybridized carbons (Fsp3) is 0.538. The maximum absolute atomic E-state index is 14.1. The van der Waals surface area contributed by atoms with E-state index in [1.165, 1.54) is 29.8 Å². The number of hydrazone groups is 1. The van der Waals surface area contributed by atoms with Gasteiger partial charge in [-0.15, -0.1) is 0 Å². The first-order valence-corrected chi connectivity index (χ1v) is 31.1. The van der Waals surface area contributed by atoms with Gasteiger partial charge in [-0.3, -0.25) is 49.2 Å². The maximum Gasteiger partial charge on any atom is 0.306 e. The highest BCUT2D eigenvalue weighted by Gasteiger charge is 2.51. The van der Waals surface area contributed by atoms with Crippen molar-refractivity contribution in [2.45, 2.75) is 134 Å². The van der Waals surface area contributed by atoms with Crippen molar-refractivity contribution in [3.05, 3.63) is 107 Å². The quantitative estimate of drug-likeness (QED) is 0.0174. The maximum atomic E-state index is 14.1. The second-order valence-electron chi connectivity index (χ2n) is 23.0. The second kappa shape index (κ2) is 36.5. The van der Waals surface area contributed by atoms with Crippen LogP contribution >= 0.6 is 0 Å². The Kier molecular flexibility index (Phi) is 28.1. The number of aliphatic carboxylic acids is 1. The molecule has 5 amide bonds. The van der Waals surface area contributed by atoms with Gasteiger partial charge < -0.3 is 66.2 Å². The Morgan fingerprint density at radius 1 is 0.656 bits per heavy atom. The van der Waals surface area contributed by atoms with Gasteiger partial charge in [0.1, 0.15) is 37.2 Å². The Morgan fingerprint density at radius 2 is 1.32 bits per heavy atom. The van der Waals surface area contributed by atoms with Gasteiger partial charge in [0.05, 0.1) is 76.0 Å². The fourth-order valence-corrected chi connectivity index (χ4v) is 11.6. The monoisotopic (exact) mass is 1250 g/mol. The topological polar surface area (TPSA) is 358 Å². The Hall–Kier alpha value is -8.13. The molecule has 2 saturated carbocycles. The van der Waals surface area contributed by atoms with E-state index in [4.69, 9.17) is 39.9 Å². The smallest absolute Gasteiger partial charge is 0.306 e. The number of unbranched alkanes of at least 4 members (excludes halogenated alkanes) is 1. The van der Waals surface area contributed by atoms with Crippen molar-refractivity contribution in [3.8, 4) is 5.75 Å². The van der Waals surface area contributed by atoms with Gasteiger partial charge in [0.15, 0.2) is 5.78 Å². The van der Waals surface area contributed by atoms with Crippen molar-refractivity contribution in [2.75, 3.05) is 66.1 Å². The Balaban J connectivity index is 0.832. The van der Waals surface area contributed by atoms with Gasteiger partial charge in [-0.2, -0.15) is 5.10 Å². The molecule has 8 atom stereocenters. The third-order valence-corrected chi connectivity index (χ3v) is 16.5. The number of phenols is 1. The number of Topliss-reactive ketones (excluding diaryl/α,β-unsaturated/α-hetero) is 1. The number of carbonyl (C=O) groups excluding carboxylic acids is 7. The van der Waals surface area contributed by atoms with Crippen LogP contribution in [0.5, 0.6) is 5.75 Å². The van der Waals surface area contributed by atoms with Crippen molar-refractivity contribution in [2.24, 2.45) is 34.5 Å². The summed E-state index contributed by atoms with van der Waals surface area (Å²) in [5.41, 5.74) is 15.8. The summed E-state index contributed by atoms with van der Waals surface area (Å²) in [6.45, 7) is 2.66.